The Hall–Kier alpha value is -0.180. The van der Waals surface area contributed by atoms with E-state index in [1.165, 1.54) is 0 Å². The van der Waals surface area contributed by atoms with Crippen LogP contribution in [0.2, 0.25) is 0 Å². The van der Waals surface area contributed by atoms with E-state index in [9.17, 15) is 13.9 Å². The first-order valence-electron chi connectivity index (χ1n) is 4.11. The largest absolute Gasteiger partial charge is 0.393 e. The molecule has 0 spiro atoms. The monoisotopic (exact) mass is 164 g/mol. The first-order chi connectivity index (χ1) is 5.05. The second kappa shape index (κ2) is 3.05. The van der Waals surface area contributed by atoms with Gasteiger partial charge in [-0.05, 0) is 12.3 Å². The molecule has 1 nitrogen and oxygen atoms in total. The molecule has 1 aliphatic carbocycles. The molecule has 1 aliphatic rings. The van der Waals surface area contributed by atoms with Gasteiger partial charge in [0.05, 0.1) is 6.10 Å². The van der Waals surface area contributed by atoms with Crippen LogP contribution >= 0.6 is 0 Å². The molecule has 0 saturated heterocycles. The van der Waals surface area contributed by atoms with Crippen LogP contribution in [0.3, 0.4) is 0 Å². The van der Waals surface area contributed by atoms with Gasteiger partial charge in [0.15, 0.2) is 0 Å². The Morgan fingerprint density at radius 2 is 2.18 bits per heavy atom. The molecule has 0 radical (unpaired) electrons. The summed E-state index contributed by atoms with van der Waals surface area (Å²) in [5.41, 5.74) is 0. The van der Waals surface area contributed by atoms with Crippen LogP contribution in [-0.4, -0.2) is 17.1 Å². The van der Waals surface area contributed by atoms with Crippen molar-refractivity contribution in [3.63, 3.8) is 0 Å². The Labute approximate surface area is 65.4 Å². The van der Waals surface area contributed by atoms with Crippen LogP contribution < -0.4 is 0 Å². The highest BCUT2D eigenvalue weighted by Crippen LogP contribution is 2.37. The lowest BCUT2D eigenvalue weighted by Gasteiger charge is -2.32. The quantitative estimate of drug-likeness (QED) is 0.629. The van der Waals surface area contributed by atoms with Crippen LogP contribution in [0.15, 0.2) is 0 Å². The van der Waals surface area contributed by atoms with Crippen LogP contribution in [0.5, 0.6) is 0 Å². The van der Waals surface area contributed by atoms with Gasteiger partial charge in [-0.25, -0.2) is 8.78 Å². The topological polar surface area (TPSA) is 20.2 Å². The van der Waals surface area contributed by atoms with Gasteiger partial charge in [-0.1, -0.05) is 13.3 Å². The number of alkyl halides is 2. The van der Waals surface area contributed by atoms with Crippen molar-refractivity contribution >= 4 is 0 Å². The van der Waals surface area contributed by atoms with Crippen molar-refractivity contribution < 1.29 is 13.9 Å². The fourth-order valence-corrected chi connectivity index (χ4v) is 1.63. The van der Waals surface area contributed by atoms with Gasteiger partial charge in [-0.3, -0.25) is 0 Å². The Morgan fingerprint density at radius 1 is 1.55 bits per heavy atom. The maximum absolute atomic E-state index is 12.7. The van der Waals surface area contributed by atoms with Gasteiger partial charge in [-0.2, -0.15) is 0 Å². The molecule has 1 N–H and O–H groups in total. The molecule has 0 aromatic rings. The summed E-state index contributed by atoms with van der Waals surface area (Å²) in [5, 5.41) is 9.27. The van der Waals surface area contributed by atoms with Gasteiger partial charge in [0.1, 0.15) is 0 Å². The summed E-state index contributed by atoms with van der Waals surface area (Å²) in [6, 6.07) is 0. The third-order valence-corrected chi connectivity index (χ3v) is 2.44. The molecular formula is C8H14F2O. The summed E-state index contributed by atoms with van der Waals surface area (Å²) in [6.07, 6.45) is 0.122. The lowest BCUT2D eigenvalue weighted by molar-refractivity contribution is -0.0922. The zero-order valence-electron chi connectivity index (χ0n) is 6.69. The Kier molecular flexibility index (Phi) is 2.47. The van der Waals surface area contributed by atoms with Crippen LogP contribution in [0.1, 0.15) is 32.6 Å². The highest BCUT2D eigenvalue weighted by Gasteiger charge is 2.39. The summed E-state index contributed by atoms with van der Waals surface area (Å²) in [4.78, 5) is 0. The Bertz CT molecular complexity index is 136. The smallest absolute Gasteiger partial charge is 0.248 e. The van der Waals surface area contributed by atoms with Crippen molar-refractivity contribution in [1.82, 2.24) is 0 Å². The van der Waals surface area contributed by atoms with E-state index >= 15 is 0 Å². The van der Waals surface area contributed by atoms with Gasteiger partial charge >= 0.3 is 0 Å². The molecule has 0 unspecified atom stereocenters. The number of aliphatic hydroxyl groups excluding tert-OH is 1. The lowest BCUT2D eigenvalue weighted by atomic mass is 9.82. The standard InChI is InChI=1S/C8H14F2O/c1-2-6-5-8(9,10)4-3-7(6)11/h6-7,11H,2-5H2,1H3/t6-,7-/m1/s1. The Balaban J connectivity index is 2.51. The van der Waals surface area contributed by atoms with E-state index in [-0.39, 0.29) is 25.2 Å². The van der Waals surface area contributed by atoms with Crippen molar-refractivity contribution in [2.75, 3.05) is 0 Å². The van der Waals surface area contributed by atoms with E-state index in [0.29, 0.717) is 6.42 Å². The molecular weight excluding hydrogens is 150 g/mol. The van der Waals surface area contributed by atoms with Gasteiger partial charge in [0, 0.05) is 12.8 Å². The van der Waals surface area contributed by atoms with E-state index in [1.54, 1.807) is 0 Å². The number of rotatable bonds is 1. The van der Waals surface area contributed by atoms with E-state index < -0.39 is 12.0 Å². The molecule has 0 aromatic heterocycles. The molecule has 66 valence electrons. The van der Waals surface area contributed by atoms with E-state index in [1.807, 2.05) is 6.92 Å². The number of aliphatic hydroxyl groups is 1. The predicted molar refractivity (Wildman–Crippen MR) is 38.6 cm³/mol. The minimum absolute atomic E-state index is 0.134. The summed E-state index contributed by atoms with van der Waals surface area (Å²) in [7, 11) is 0. The average molecular weight is 164 g/mol. The van der Waals surface area contributed by atoms with Crippen molar-refractivity contribution in [3.8, 4) is 0 Å². The highest BCUT2D eigenvalue weighted by atomic mass is 19.3. The SMILES string of the molecule is CC[C@@H]1CC(F)(F)CC[C@H]1O. The van der Waals surface area contributed by atoms with Crippen LogP contribution in [-0.2, 0) is 0 Å². The fraction of sp³-hybridized carbons (Fsp3) is 1.00. The predicted octanol–water partition coefficient (Wildman–Crippen LogP) is 2.19. The third kappa shape index (κ3) is 2.12. The normalized spacial score (nSPS) is 37.1. The Morgan fingerprint density at radius 3 is 2.64 bits per heavy atom. The minimum Gasteiger partial charge on any atom is -0.393 e. The van der Waals surface area contributed by atoms with Gasteiger partial charge in [0.2, 0.25) is 5.92 Å². The molecule has 11 heavy (non-hydrogen) atoms. The molecule has 1 fully saturated rings. The maximum Gasteiger partial charge on any atom is 0.248 e. The average Bonchev–Trinajstić information content (AvgIpc) is 1.94. The van der Waals surface area contributed by atoms with Crippen LogP contribution in [0, 0.1) is 5.92 Å². The van der Waals surface area contributed by atoms with Crippen molar-refractivity contribution in [1.29, 1.82) is 0 Å². The summed E-state index contributed by atoms with van der Waals surface area (Å²) < 4.78 is 25.4. The first kappa shape index (κ1) is 8.91. The molecule has 1 saturated carbocycles. The molecule has 0 aromatic carbocycles. The molecule has 1 rings (SSSR count). The van der Waals surface area contributed by atoms with Crippen LogP contribution in [0.25, 0.3) is 0 Å². The second-order valence-electron chi connectivity index (χ2n) is 3.33. The summed E-state index contributed by atoms with van der Waals surface area (Å²) >= 11 is 0. The van der Waals surface area contributed by atoms with E-state index in [4.69, 9.17) is 0 Å². The fourth-order valence-electron chi connectivity index (χ4n) is 1.63. The minimum atomic E-state index is -2.53. The summed E-state index contributed by atoms with van der Waals surface area (Å²) in [6.45, 7) is 1.84. The first-order valence-corrected chi connectivity index (χ1v) is 4.11. The molecule has 0 aliphatic heterocycles. The zero-order valence-corrected chi connectivity index (χ0v) is 6.69. The number of hydrogen-bond donors (Lipinski definition) is 1. The van der Waals surface area contributed by atoms with Crippen LogP contribution in [0.4, 0.5) is 8.78 Å². The number of halogens is 2. The van der Waals surface area contributed by atoms with Crippen molar-refractivity contribution in [3.05, 3.63) is 0 Å². The highest BCUT2D eigenvalue weighted by molar-refractivity contribution is 4.83. The molecule has 3 heteroatoms. The third-order valence-electron chi connectivity index (χ3n) is 2.44. The molecule has 2 atom stereocenters. The van der Waals surface area contributed by atoms with E-state index in [0.717, 1.165) is 0 Å². The molecule has 0 bridgehead atoms. The van der Waals surface area contributed by atoms with Gasteiger partial charge in [-0.15, -0.1) is 0 Å². The van der Waals surface area contributed by atoms with Crippen molar-refractivity contribution in [2.45, 2.75) is 44.6 Å². The second-order valence-corrected chi connectivity index (χ2v) is 3.33. The molecule has 0 heterocycles. The maximum atomic E-state index is 12.7. The van der Waals surface area contributed by atoms with Gasteiger partial charge in [0.25, 0.3) is 0 Å². The van der Waals surface area contributed by atoms with Gasteiger partial charge < -0.3 is 5.11 Å². The zero-order chi connectivity index (χ0) is 8.48. The summed E-state index contributed by atoms with van der Waals surface area (Å²) in [5.74, 6) is -2.72. The molecule has 0 amide bonds. The van der Waals surface area contributed by atoms with Crippen molar-refractivity contribution in [2.24, 2.45) is 5.92 Å². The lowest BCUT2D eigenvalue weighted by Crippen LogP contribution is -2.35. The number of hydrogen-bond acceptors (Lipinski definition) is 1. The van der Waals surface area contributed by atoms with E-state index in [2.05, 4.69) is 0 Å².